The number of hydrogen-bond acceptors (Lipinski definition) is 2. The third-order valence-corrected chi connectivity index (χ3v) is 3.11. The second-order valence-corrected chi connectivity index (χ2v) is 4.59. The molecule has 0 saturated carbocycles. The normalized spacial score (nSPS) is 11.9. The monoisotopic (exact) mass is 272 g/mol. The molecule has 0 bridgehead atoms. The van der Waals surface area contributed by atoms with Crippen LogP contribution in [0.4, 0.5) is 8.78 Å². The van der Waals surface area contributed by atoms with Gasteiger partial charge in [-0.25, -0.2) is 8.78 Å². The zero-order chi connectivity index (χ0) is 14.5. The molecule has 102 valence electrons. The topological polar surface area (TPSA) is 35.8 Å². The average Bonchev–Trinajstić information content (AvgIpc) is 2.47. The summed E-state index contributed by atoms with van der Waals surface area (Å²) in [4.78, 5) is 0. The van der Waals surface area contributed by atoms with E-state index in [9.17, 15) is 8.78 Å². The van der Waals surface area contributed by atoms with Gasteiger partial charge in [0.25, 0.3) is 0 Å². The Morgan fingerprint density at radius 2 is 1.95 bits per heavy atom. The van der Waals surface area contributed by atoms with Crippen molar-refractivity contribution in [1.82, 2.24) is 5.32 Å². The van der Waals surface area contributed by atoms with Crippen molar-refractivity contribution in [3.05, 3.63) is 70.8 Å². The molecule has 1 atom stereocenters. The first-order valence-corrected chi connectivity index (χ1v) is 6.27. The Morgan fingerprint density at radius 1 is 1.15 bits per heavy atom. The predicted octanol–water partition coefficient (Wildman–Crippen LogP) is 3.69. The average molecular weight is 272 g/mol. The summed E-state index contributed by atoms with van der Waals surface area (Å²) in [5.41, 5.74) is 2.25. The molecule has 1 N–H and O–H groups in total. The van der Waals surface area contributed by atoms with Crippen LogP contribution in [0.2, 0.25) is 0 Å². The Bertz CT molecular complexity index is 647. The molecule has 0 radical (unpaired) electrons. The van der Waals surface area contributed by atoms with Crippen molar-refractivity contribution in [2.24, 2.45) is 0 Å². The largest absolute Gasteiger partial charge is 0.306 e. The van der Waals surface area contributed by atoms with Crippen molar-refractivity contribution in [3.63, 3.8) is 0 Å². The third-order valence-electron chi connectivity index (χ3n) is 3.11. The van der Waals surface area contributed by atoms with Crippen LogP contribution in [0.5, 0.6) is 0 Å². The van der Waals surface area contributed by atoms with Crippen LogP contribution >= 0.6 is 0 Å². The third kappa shape index (κ3) is 3.40. The van der Waals surface area contributed by atoms with Gasteiger partial charge in [-0.1, -0.05) is 18.2 Å². The fraction of sp³-hybridized carbons (Fsp3) is 0.188. The summed E-state index contributed by atoms with van der Waals surface area (Å²) in [5.74, 6) is -1.69. The van der Waals surface area contributed by atoms with Crippen molar-refractivity contribution >= 4 is 0 Å². The van der Waals surface area contributed by atoms with E-state index in [0.29, 0.717) is 17.7 Å². The van der Waals surface area contributed by atoms with E-state index < -0.39 is 11.6 Å². The number of nitrogens with one attached hydrogen (secondary N) is 1. The highest BCUT2D eigenvalue weighted by atomic mass is 19.2. The summed E-state index contributed by atoms with van der Waals surface area (Å²) >= 11 is 0. The van der Waals surface area contributed by atoms with Crippen LogP contribution in [0.25, 0.3) is 0 Å². The van der Waals surface area contributed by atoms with E-state index in [1.165, 1.54) is 6.07 Å². The molecule has 2 aromatic carbocycles. The fourth-order valence-corrected chi connectivity index (χ4v) is 1.92. The molecule has 0 heterocycles. The van der Waals surface area contributed by atoms with Crippen LogP contribution < -0.4 is 5.32 Å². The summed E-state index contributed by atoms with van der Waals surface area (Å²) in [5, 5.41) is 12.0. The van der Waals surface area contributed by atoms with Crippen LogP contribution in [0.1, 0.15) is 29.7 Å². The van der Waals surface area contributed by atoms with Crippen molar-refractivity contribution in [2.45, 2.75) is 19.5 Å². The molecule has 0 unspecified atom stereocenters. The lowest BCUT2D eigenvalue weighted by molar-refractivity contribution is 0.500. The molecule has 0 amide bonds. The molecule has 0 aliphatic carbocycles. The minimum absolute atomic E-state index is 0.115. The van der Waals surface area contributed by atoms with Crippen LogP contribution in [0, 0.1) is 23.0 Å². The molecule has 0 saturated heterocycles. The summed E-state index contributed by atoms with van der Waals surface area (Å²) in [6, 6.07) is 13.1. The molecular weight excluding hydrogens is 258 g/mol. The molecular formula is C16H14F2N2. The molecule has 0 spiro atoms. The highest BCUT2D eigenvalue weighted by Gasteiger charge is 2.08. The van der Waals surface area contributed by atoms with E-state index in [-0.39, 0.29) is 6.04 Å². The molecule has 20 heavy (non-hydrogen) atoms. The van der Waals surface area contributed by atoms with Gasteiger partial charge in [-0.15, -0.1) is 0 Å². The first-order valence-electron chi connectivity index (χ1n) is 6.27. The number of nitriles is 1. The Kier molecular flexibility index (Phi) is 4.44. The lowest BCUT2D eigenvalue weighted by Crippen LogP contribution is -2.18. The van der Waals surface area contributed by atoms with Gasteiger partial charge in [0.2, 0.25) is 0 Å². The van der Waals surface area contributed by atoms with Crippen molar-refractivity contribution in [3.8, 4) is 6.07 Å². The lowest BCUT2D eigenvalue weighted by atomic mass is 10.1. The van der Waals surface area contributed by atoms with Gasteiger partial charge in [-0.05, 0) is 42.3 Å². The standard InChI is InChI=1S/C16H14F2N2/c1-11(14-5-6-15(17)16(18)8-14)20-10-13-4-2-3-12(7-13)9-19/h2-8,11,20H,10H2,1H3/t11-/m0/s1. The van der Waals surface area contributed by atoms with Gasteiger partial charge >= 0.3 is 0 Å². The maximum Gasteiger partial charge on any atom is 0.159 e. The SMILES string of the molecule is C[C@H](NCc1cccc(C#N)c1)c1ccc(F)c(F)c1. The molecule has 2 rings (SSSR count). The highest BCUT2D eigenvalue weighted by molar-refractivity contribution is 5.32. The van der Waals surface area contributed by atoms with Crippen molar-refractivity contribution < 1.29 is 8.78 Å². The molecule has 0 aliphatic heterocycles. The van der Waals surface area contributed by atoms with Crippen LogP contribution in [-0.2, 0) is 6.54 Å². The number of rotatable bonds is 4. The van der Waals surface area contributed by atoms with E-state index >= 15 is 0 Å². The van der Waals surface area contributed by atoms with Crippen LogP contribution in [0.15, 0.2) is 42.5 Å². The van der Waals surface area contributed by atoms with Crippen molar-refractivity contribution in [1.29, 1.82) is 5.26 Å². The number of nitrogens with zero attached hydrogens (tertiary/aromatic N) is 1. The van der Waals surface area contributed by atoms with Gasteiger partial charge in [0.15, 0.2) is 11.6 Å². The molecule has 0 aliphatic rings. The van der Waals surface area contributed by atoms with Gasteiger partial charge in [0.05, 0.1) is 11.6 Å². The fourth-order valence-electron chi connectivity index (χ4n) is 1.92. The summed E-state index contributed by atoms with van der Waals surface area (Å²) in [6.07, 6.45) is 0. The Hall–Kier alpha value is -2.25. The lowest BCUT2D eigenvalue weighted by Gasteiger charge is -2.14. The first-order chi connectivity index (χ1) is 9.60. The second-order valence-electron chi connectivity index (χ2n) is 4.59. The van der Waals surface area contributed by atoms with Gasteiger partial charge < -0.3 is 5.32 Å². The van der Waals surface area contributed by atoms with E-state index in [1.807, 2.05) is 19.1 Å². The Balaban J connectivity index is 2.02. The van der Waals surface area contributed by atoms with E-state index in [2.05, 4.69) is 11.4 Å². The van der Waals surface area contributed by atoms with Gasteiger partial charge in [-0.3, -0.25) is 0 Å². The smallest absolute Gasteiger partial charge is 0.159 e. The van der Waals surface area contributed by atoms with Crippen LogP contribution in [0.3, 0.4) is 0 Å². The Labute approximate surface area is 116 Å². The second kappa shape index (κ2) is 6.27. The van der Waals surface area contributed by atoms with Gasteiger partial charge in [0, 0.05) is 12.6 Å². The summed E-state index contributed by atoms with van der Waals surface area (Å²) in [6.45, 7) is 2.43. The van der Waals surface area contributed by atoms with Gasteiger partial charge in [0.1, 0.15) is 0 Å². The molecule has 4 heteroatoms. The molecule has 2 nitrogen and oxygen atoms in total. The zero-order valence-electron chi connectivity index (χ0n) is 11.0. The molecule has 2 aromatic rings. The van der Waals surface area contributed by atoms with Crippen LogP contribution in [-0.4, -0.2) is 0 Å². The number of hydrogen-bond donors (Lipinski definition) is 1. The maximum atomic E-state index is 13.2. The summed E-state index contributed by atoms with van der Waals surface area (Å²) < 4.78 is 26.0. The molecule has 0 fully saturated rings. The minimum atomic E-state index is -0.845. The maximum absolute atomic E-state index is 13.2. The number of benzene rings is 2. The van der Waals surface area contributed by atoms with Crippen molar-refractivity contribution in [2.75, 3.05) is 0 Å². The zero-order valence-corrected chi connectivity index (χ0v) is 11.0. The number of halogens is 2. The van der Waals surface area contributed by atoms with E-state index in [4.69, 9.17) is 5.26 Å². The van der Waals surface area contributed by atoms with E-state index in [1.54, 1.807) is 18.2 Å². The van der Waals surface area contributed by atoms with Gasteiger partial charge in [-0.2, -0.15) is 5.26 Å². The predicted molar refractivity (Wildman–Crippen MR) is 72.8 cm³/mol. The molecule has 0 aromatic heterocycles. The van der Waals surface area contributed by atoms with E-state index in [0.717, 1.165) is 11.6 Å². The summed E-state index contributed by atoms with van der Waals surface area (Å²) in [7, 11) is 0. The minimum Gasteiger partial charge on any atom is -0.306 e. The quantitative estimate of drug-likeness (QED) is 0.921. The Morgan fingerprint density at radius 3 is 2.65 bits per heavy atom. The first kappa shape index (κ1) is 14.2. The highest BCUT2D eigenvalue weighted by Crippen LogP contribution is 2.16.